The van der Waals surface area contributed by atoms with E-state index in [1.165, 1.54) is 70.6 Å². The van der Waals surface area contributed by atoms with Crippen LogP contribution < -0.4 is 0 Å². The van der Waals surface area contributed by atoms with Crippen LogP contribution in [0.4, 0.5) is 0 Å². The summed E-state index contributed by atoms with van der Waals surface area (Å²) in [5.74, 6) is 0. The quantitative estimate of drug-likeness (QED) is 0.284. The second-order valence-electron chi connectivity index (χ2n) is 8.00. The molecule has 158 valence electrons. The second-order valence-corrected chi connectivity index (χ2v) is 8.00. The molecule has 1 aliphatic rings. The van der Waals surface area contributed by atoms with E-state index in [1.54, 1.807) is 0 Å². The van der Waals surface area contributed by atoms with E-state index in [0.717, 1.165) is 12.0 Å². The SMILES string of the molecule is CCCCCCCCCCCCC/C=C/[C@H]1OC(c2ccccc2)OC[C@H]1O. The summed E-state index contributed by atoms with van der Waals surface area (Å²) in [6.07, 6.45) is 19.0. The minimum atomic E-state index is -0.589. The molecule has 1 fully saturated rings. The number of aliphatic hydroxyl groups is 1. The van der Waals surface area contributed by atoms with Crippen molar-refractivity contribution in [3.05, 3.63) is 48.0 Å². The van der Waals surface area contributed by atoms with Crippen LogP contribution in [0.15, 0.2) is 42.5 Å². The van der Waals surface area contributed by atoms with E-state index in [4.69, 9.17) is 9.47 Å². The van der Waals surface area contributed by atoms with Crippen LogP contribution in [0.1, 0.15) is 95.8 Å². The summed E-state index contributed by atoms with van der Waals surface area (Å²) in [4.78, 5) is 0. The van der Waals surface area contributed by atoms with Gasteiger partial charge in [0.05, 0.1) is 6.61 Å². The molecule has 1 unspecified atom stereocenters. The molecule has 3 heteroatoms. The average molecular weight is 389 g/mol. The van der Waals surface area contributed by atoms with Gasteiger partial charge in [-0.15, -0.1) is 0 Å². The van der Waals surface area contributed by atoms with Gasteiger partial charge in [-0.3, -0.25) is 0 Å². The molecule has 0 amide bonds. The van der Waals surface area contributed by atoms with E-state index in [1.807, 2.05) is 36.4 Å². The molecule has 0 saturated carbocycles. The molecule has 1 saturated heterocycles. The predicted molar refractivity (Wildman–Crippen MR) is 116 cm³/mol. The van der Waals surface area contributed by atoms with Gasteiger partial charge in [-0.2, -0.15) is 0 Å². The molecule has 3 nitrogen and oxygen atoms in total. The Morgan fingerprint density at radius 3 is 2.14 bits per heavy atom. The highest BCUT2D eigenvalue weighted by molar-refractivity contribution is 5.16. The van der Waals surface area contributed by atoms with Gasteiger partial charge in [0.1, 0.15) is 12.2 Å². The molecule has 0 aliphatic carbocycles. The van der Waals surface area contributed by atoms with Crippen LogP contribution in [-0.4, -0.2) is 23.9 Å². The topological polar surface area (TPSA) is 38.7 Å². The largest absolute Gasteiger partial charge is 0.388 e. The highest BCUT2D eigenvalue weighted by Crippen LogP contribution is 2.27. The Kier molecular flexibility index (Phi) is 12.2. The first-order chi connectivity index (χ1) is 13.8. The number of unbranched alkanes of at least 4 members (excludes halogenated alkanes) is 11. The Morgan fingerprint density at radius 2 is 1.50 bits per heavy atom. The summed E-state index contributed by atoms with van der Waals surface area (Å²) in [5, 5.41) is 10.1. The molecule has 0 aromatic heterocycles. The summed E-state index contributed by atoms with van der Waals surface area (Å²) >= 11 is 0. The fraction of sp³-hybridized carbons (Fsp3) is 0.680. The van der Waals surface area contributed by atoms with Gasteiger partial charge in [0.25, 0.3) is 0 Å². The minimum absolute atomic E-state index is 0.285. The molecular weight excluding hydrogens is 348 g/mol. The summed E-state index contributed by atoms with van der Waals surface area (Å²) < 4.78 is 11.6. The fourth-order valence-corrected chi connectivity index (χ4v) is 3.67. The van der Waals surface area contributed by atoms with Gasteiger partial charge in [0.2, 0.25) is 0 Å². The first-order valence-corrected chi connectivity index (χ1v) is 11.5. The molecule has 0 spiro atoms. The zero-order chi connectivity index (χ0) is 19.9. The van der Waals surface area contributed by atoms with Crippen molar-refractivity contribution in [3.8, 4) is 0 Å². The zero-order valence-electron chi connectivity index (χ0n) is 17.7. The number of rotatable bonds is 14. The van der Waals surface area contributed by atoms with Gasteiger partial charge in [-0.1, -0.05) is 114 Å². The van der Waals surface area contributed by atoms with Gasteiger partial charge in [-0.25, -0.2) is 0 Å². The third kappa shape index (κ3) is 9.36. The highest BCUT2D eigenvalue weighted by Gasteiger charge is 2.29. The van der Waals surface area contributed by atoms with E-state index in [0.29, 0.717) is 6.61 Å². The number of benzene rings is 1. The summed E-state index contributed by atoms with van der Waals surface area (Å²) in [5.41, 5.74) is 0.998. The molecule has 28 heavy (non-hydrogen) atoms. The average Bonchev–Trinajstić information content (AvgIpc) is 2.73. The second kappa shape index (κ2) is 14.8. The molecule has 1 aliphatic heterocycles. The van der Waals surface area contributed by atoms with Gasteiger partial charge >= 0.3 is 0 Å². The first-order valence-electron chi connectivity index (χ1n) is 11.5. The third-order valence-electron chi connectivity index (χ3n) is 5.45. The number of ether oxygens (including phenoxy) is 2. The molecule has 1 aromatic rings. The monoisotopic (exact) mass is 388 g/mol. The molecule has 1 N–H and O–H groups in total. The summed E-state index contributed by atoms with van der Waals surface area (Å²) in [7, 11) is 0. The van der Waals surface area contributed by atoms with Gasteiger partial charge < -0.3 is 14.6 Å². The Labute approximate surface area is 172 Å². The van der Waals surface area contributed by atoms with Crippen molar-refractivity contribution in [2.75, 3.05) is 6.61 Å². The molecule has 3 atom stereocenters. The van der Waals surface area contributed by atoms with Crippen LogP contribution >= 0.6 is 0 Å². The van der Waals surface area contributed by atoms with Crippen molar-refractivity contribution in [1.29, 1.82) is 0 Å². The third-order valence-corrected chi connectivity index (χ3v) is 5.45. The molecule has 1 heterocycles. The summed E-state index contributed by atoms with van der Waals surface area (Å²) in [6.45, 7) is 2.59. The van der Waals surface area contributed by atoms with Crippen molar-refractivity contribution in [2.24, 2.45) is 0 Å². The predicted octanol–water partition coefficient (Wildman–Crippen LogP) is 6.72. The highest BCUT2D eigenvalue weighted by atomic mass is 16.7. The van der Waals surface area contributed by atoms with E-state index < -0.39 is 6.10 Å². The smallest absolute Gasteiger partial charge is 0.184 e. The lowest BCUT2D eigenvalue weighted by molar-refractivity contribution is -0.243. The standard InChI is InChI=1S/C25H40O3/c1-2-3-4-5-6-7-8-9-10-11-12-13-17-20-24-23(26)21-27-25(28-24)22-18-15-14-16-19-22/h14-20,23-26H,2-13,21H2,1H3/b20-17+/t23-,24-,25?/m1/s1. The van der Waals surface area contributed by atoms with Crippen molar-refractivity contribution < 1.29 is 14.6 Å². The van der Waals surface area contributed by atoms with Gasteiger partial charge in [0.15, 0.2) is 6.29 Å². The van der Waals surface area contributed by atoms with Crippen molar-refractivity contribution in [2.45, 2.75) is 102 Å². The lowest BCUT2D eigenvalue weighted by Crippen LogP contribution is -2.39. The maximum Gasteiger partial charge on any atom is 0.184 e. The minimum Gasteiger partial charge on any atom is -0.388 e. The van der Waals surface area contributed by atoms with Crippen LogP contribution in [0.25, 0.3) is 0 Å². The maximum absolute atomic E-state index is 10.1. The fourth-order valence-electron chi connectivity index (χ4n) is 3.67. The number of hydrogen-bond acceptors (Lipinski definition) is 3. The van der Waals surface area contributed by atoms with Gasteiger partial charge in [-0.05, 0) is 12.8 Å². The van der Waals surface area contributed by atoms with Crippen LogP contribution in [-0.2, 0) is 9.47 Å². The van der Waals surface area contributed by atoms with Crippen molar-refractivity contribution in [3.63, 3.8) is 0 Å². The Hall–Kier alpha value is -1.16. The maximum atomic E-state index is 10.1. The van der Waals surface area contributed by atoms with E-state index in [2.05, 4.69) is 13.0 Å². The Bertz CT molecular complexity index is 514. The van der Waals surface area contributed by atoms with E-state index in [9.17, 15) is 5.11 Å². The Balaban J connectivity index is 1.51. The normalized spacial score (nSPS) is 22.7. The van der Waals surface area contributed by atoms with Crippen LogP contribution in [0.5, 0.6) is 0 Å². The lowest BCUT2D eigenvalue weighted by Gasteiger charge is -2.32. The number of hydrogen-bond donors (Lipinski definition) is 1. The van der Waals surface area contributed by atoms with E-state index in [-0.39, 0.29) is 12.4 Å². The van der Waals surface area contributed by atoms with E-state index >= 15 is 0 Å². The van der Waals surface area contributed by atoms with Crippen molar-refractivity contribution in [1.82, 2.24) is 0 Å². The van der Waals surface area contributed by atoms with Gasteiger partial charge in [0, 0.05) is 5.56 Å². The molecule has 0 bridgehead atoms. The number of allylic oxidation sites excluding steroid dienone is 1. The summed E-state index contributed by atoms with van der Waals surface area (Å²) in [6, 6.07) is 9.92. The molecule has 1 aromatic carbocycles. The van der Waals surface area contributed by atoms with Crippen LogP contribution in [0, 0.1) is 0 Å². The van der Waals surface area contributed by atoms with Crippen LogP contribution in [0.3, 0.4) is 0 Å². The molecular formula is C25H40O3. The molecule has 2 rings (SSSR count). The lowest BCUT2D eigenvalue weighted by atomic mass is 10.0. The van der Waals surface area contributed by atoms with Crippen LogP contribution in [0.2, 0.25) is 0 Å². The zero-order valence-corrected chi connectivity index (χ0v) is 17.7. The molecule has 0 radical (unpaired) electrons. The first kappa shape index (κ1) is 23.1. The Morgan fingerprint density at radius 1 is 0.893 bits per heavy atom. The van der Waals surface area contributed by atoms with Crippen molar-refractivity contribution >= 4 is 0 Å². The number of aliphatic hydroxyl groups excluding tert-OH is 1.